The number of nitrogens with one attached hydrogen (secondary N) is 1. The van der Waals surface area contributed by atoms with Crippen molar-refractivity contribution in [3.63, 3.8) is 0 Å². The number of carbonyl (C=O) groups is 1. The number of nitrogens with zero attached hydrogens (tertiary/aromatic N) is 5. The molecule has 3 aliphatic carbocycles. The zero-order chi connectivity index (χ0) is 37.5. The van der Waals surface area contributed by atoms with Gasteiger partial charge in [0.25, 0.3) is 0 Å². The van der Waals surface area contributed by atoms with Crippen LogP contribution in [0.15, 0.2) is 121 Å². The smallest absolute Gasteiger partial charge is 0.311 e. The highest BCUT2D eigenvalue weighted by atomic mass is 35.5. The Balaban J connectivity index is 1.29. The largest absolute Gasteiger partial charge is 0.466 e. The Morgan fingerprint density at radius 3 is 2.07 bits per heavy atom. The molecule has 0 radical (unpaired) electrons. The van der Waals surface area contributed by atoms with E-state index in [1.807, 2.05) is 85.2 Å². The highest BCUT2D eigenvalue weighted by Crippen LogP contribution is 2.48. The van der Waals surface area contributed by atoms with Crippen LogP contribution in [0.25, 0.3) is 33.1 Å². The van der Waals surface area contributed by atoms with Gasteiger partial charge in [-0.25, -0.2) is 24.3 Å². The second kappa shape index (κ2) is 14.7. The Morgan fingerprint density at radius 2 is 1.49 bits per heavy atom. The van der Waals surface area contributed by atoms with Gasteiger partial charge < -0.3 is 14.6 Å². The van der Waals surface area contributed by atoms with Crippen LogP contribution in [0.1, 0.15) is 49.3 Å². The summed E-state index contributed by atoms with van der Waals surface area (Å²) in [6, 6.07) is 34.2. The molecular weight excluding hydrogens is 731 g/mol. The molecule has 2 atom stereocenters. The van der Waals surface area contributed by atoms with Crippen LogP contribution in [0.4, 0.5) is 10.2 Å². The maximum Gasteiger partial charge on any atom is 0.311 e. The van der Waals surface area contributed by atoms with E-state index < -0.39 is 17.3 Å². The van der Waals surface area contributed by atoms with Crippen molar-refractivity contribution in [2.45, 2.75) is 44.2 Å². The number of thiophene rings is 1. The summed E-state index contributed by atoms with van der Waals surface area (Å²) < 4.78 is 24.6. The van der Waals surface area contributed by atoms with Crippen molar-refractivity contribution >= 4 is 45.9 Å². The molecule has 0 saturated heterocycles. The molecule has 0 aliphatic heterocycles. The quantitative estimate of drug-likeness (QED) is 0.109. The number of rotatable bonds is 10. The molecule has 2 bridgehead atoms. The number of aromatic nitrogens is 5. The lowest BCUT2D eigenvalue weighted by Gasteiger charge is -2.47. The fourth-order valence-corrected chi connectivity index (χ4v) is 9.81. The normalized spacial score (nSPS) is 19.4. The predicted molar refractivity (Wildman–Crippen MR) is 214 cm³/mol. The third-order valence-corrected chi connectivity index (χ3v) is 12.4. The number of esters is 1. The minimum atomic E-state index is -0.953. The van der Waals surface area contributed by atoms with E-state index >= 15 is 4.39 Å². The monoisotopic (exact) mass is 768 g/mol. The lowest BCUT2D eigenvalue weighted by molar-refractivity contribution is -0.154. The lowest BCUT2D eigenvalue weighted by Crippen LogP contribution is -2.52. The van der Waals surface area contributed by atoms with Crippen LogP contribution in [0.3, 0.4) is 0 Å². The Hall–Kier alpha value is -5.45. The molecule has 0 unspecified atom stereocenters. The third kappa shape index (κ3) is 6.08. The first kappa shape index (κ1) is 35.3. The summed E-state index contributed by atoms with van der Waals surface area (Å²) in [5.74, 6) is -0.540. The summed E-state index contributed by atoms with van der Waals surface area (Å²) in [5, 5.41) is 5.59. The molecular formula is C44H38ClFN6O2S. The maximum absolute atomic E-state index is 16.9. The minimum absolute atomic E-state index is 0.0449. The van der Waals surface area contributed by atoms with E-state index in [-0.39, 0.29) is 46.3 Å². The van der Waals surface area contributed by atoms with Crippen LogP contribution in [0, 0.1) is 23.6 Å². The second-order valence-electron chi connectivity index (χ2n) is 14.2. The number of benzene rings is 3. The van der Waals surface area contributed by atoms with Gasteiger partial charge in [0.05, 0.1) is 29.2 Å². The van der Waals surface area contributed by atoms with Gasteiger partial charge in [0.2, 0.25) is 0 Å². The molecule has 4 heterocycles. The number of hydrogen-bond acceptors (Lipinski definition) is 8. The van der Waals surface area contributed by atoms with E-state index in [4.69, 9.17) is 36.3 Å². The summed E-state index contributed by atoms with van der Waals surface area (Å²) in [6.07, 6.45) is 7.31. The fraction of sp³-hybridized carbons (Fsp3) is 0.250. The Morgan fingerprint density at radius 1 is 0.873 bits per heavy atom. The van der Waals surface area contributed by atoms with Crippen LogP contribution < -0.4 is 5.32 Å². The lowest BCUT2D eigenvalue weighted by atomic mass is 9.61. The van der Waals surface area contributed by atoms with Gasteiger partial charge in [-0.1, -0.05) is 109 Å². The first-order chi connectivity index (χ1) is 27.0. The Labute approximate surface area is 327 Å². The summed E-state index contributed by atoms with van der Waals surface area (Å²) in [5.41, 5.74) is 3.73. The zero-order valence-electron chi connectivity index (χ0n) is 30.1. The van der Waals surface area contributed by atoms with Gasteiger partial charge >= 0.3 is 5.97 Å². The molecule has 8 nitrogen and oxygen atoms in total. The zero-order valence-corrected chi connectivity index (χ0v) is 31.7. The molecule has 3 aliphatic rings. The van der Waals surface area contributed by atoms with Crippen molar-refractivity contribution in [2.75, 3.05) is 11.9 Å². The molecule has 3 saturated carbocycles. The maximum atomic E-state index is 16.9. The summed E-state index contributed by atoms with van der Waals surface area (Å²) in [6.45, 7) is 2.11. The SMILES string of the molecule is CCOC(=O)[C@@H]1C2CCC(CC2)[C@H]1Nc1nc(-c2cn(C(c3ccccc3)(c3ccccc3)c3ccccc3)c3nc(Cl)cnc23)nc(-c2cccs2)c1F. The highest BCUT2D eigenvalue weighted by Gasteiger charge is 2.48. The third-order valence-electron chi connectivity index (χ3n) is 11.3. The van der Waals surface area contributed by atoms with Crippen molar-refractivity contribution in [3.8, 4) is 22.0 Å². The standard InChI is InChI=1S/C44H38ClFN6O2S/c1-2-54-43(53)35-27-20-22-28(23-21-27)37(35)49-41-36(46)39(33-19-12-24-55-33)50-40(51-41)32-26-52(42-38(32)47-25-34(45)48-42)44(29-13-6-3-7-14-29,30-15-8-4-9-16-30)31-17-10-5-11-18-31/h3-19,24-28,35,37H,2,20-23H2,1H3,(H,49,50,51)/t27?,28?,35-,37-/m1/s1. The van der Waals surface area contributed by atoms with Gasteiger partial charge in [0.1, 0.15) is 21.9 Å². The number of carbonyl (C=O) groups excluding carboxylic acids is 1. The Bertz CT molecular complexity index is 2360. The minimum Gasteiger partial charge on any atom is -0.466 e. The van der Waals surface area contributed by atoms with Crippen LogP contribution in [-0.2, 0) is 15.1 Å². The van der Waals surface area contributed by atoms with Gasteiger partial charge in [-0.15, -0.1) is 11.3 Å². The van der Waals surface area contributed by atoms with Crippen LogP contribution >= 0.6 is 22.9 Å². The molecule has 11 heteroatoms. The molecule has 0 amide bonds. The number of fused-ring (bicyclic) bond motifs is 4. The van der Waals surface area contributed by atoms with Crippen molar-refractivity contribution in [2.24, 2.45) is 17.8 Å². The van der Waals surface area contributed by atoms with Gasteiger partial charge in [-0.05, 0) is 72.6 Å². The summed E-state index contributed by atoms with van der Waals surface area (Å²) in [7, 11) is 0. The van der Waals surface area contributed by atoms with E-state index in [1.54, 1.807) is 0 Å². The molecule has 0 spiro atoms. The van der Waals surface area contributed by atoms with Crippen molar-refractivity contribution < 1.29 is 13.9 Å². The fourth-order valence-electron chi connectivity index (χ4n) is 8.97. The number of hydrogen-bond donors (Lipinski definition) is 1. The van der Waals surface area contributed by atoms with Gasteiger partial charge in [0.15, 0.2) is 23.1 Å². The van der Waals surface area contributed by atoms with Gasteiger partial charge in [0, 0.05) is 12.2 Å². The molecule has 3 fully saturated rings. The molecule has 3 aromatic carbocycles. The topological polar surface area (TPSA) is 94.8 Å². The first-order valence-electron chi connectivity index (χ1n) is 18.7. The average Bonchev–Trinajstić information content (AvgIpc) is 3.90. The molecule has 10 rings (SSSR count). The van der Waals surface area contributed by atoms with Crippen molar-refractivity contribution in [1.29, 1.82) is 0 Å². The molecule has 4 aromatic heterocycles. The van der Waals surface area contributed by atoms with E-state index in [1.165, 1.54) is 17.5 Å². The second-order valence-corrected chi connectivity index (χ2v) is 15.6. The van der Waals surface area contributed by atoms with E-state index in [9.17, 15) is 4.79 Å². The van der Waals surface area contributed by atoms with E-state index in [0.29, 0.717) is 28.2 Å². The highest BCUT2D eigenvalue weighted by molar-refractivity contribution is 7.13. The number of ether oxygens (including phenoxy) is 1. The first-order valence-corrected chi connectivity index (χ1v) is 20.0. The van der Waals surface area contributed by atoms with Crippen molar-refractivity contribution in [1.82, 2.24) is 24.5 Å². The van der Waals surface area contributed by atoms with E-state index in [0.717, 1.165) is 42.4 Å². The predicted octanol–water partition coefficient (Wildman–Crippen LogP) is 10.0. The van der Waals surface area contributed by atoms with Crippen LogP contribution in [0.2, 0.25) is 5.15 Å². The average molecular weight is 769 g/mol. The van der Waals surface area contributed by atoms with Crippen molar-refractivity contribution in [3.05, 3.63) is 149 Å². The molecule has 55 heavy (non-hydrogen) atoms. The molecule has 1 N–H and O–H groups in total. The van der Waals surface area contributed by atoms with Crippen LogP contribution in [0.5, 0.6) is 0 Å². The number of anilines is 1. The van der Waals surface area contributed by atoms with Crippen LogP contribution in [-0.4, -0.2) is 43.1 Å². The summed E-state index contributed by atoms with van der Waals surface area (Å²) in [4.78, 5) is 33.7. The molecule has 7 aromatic rings. The summed E-state index contributed by atoms with van der Waals surface area (Å²) >= 11 is 8.06. The van der Waals surface area contributed by atoms with E-state index in [2.05, 4.69) is 46.3 Å². The number of halogens is 2. The van der Waals surface area contributed by atoms with Gasteiger partial charge in [-0.2, -0.15) is 0 Å². The van der Waals surface area contributed by atoms with Gasteiger partial charge in [-0.3, -0.25) is 4.79 Å². The molecule has 276 valence electrons. The Kier molecular flexibility index (Phi) is 9.40.